The van der Waals surface area contributed by atoms with Gasteiger partial charge in [-0.05, 0) is 43.5 Å². The standard InChI is InChI=1S/C23H30N4O3.HI/c1-4-24-23(26-18-11-12-20(29-2)21(16-18)30-3)25-14-7-10-22(28)27-15-13-17-8-5-6-9-19(17)27;/h5-6,8-9,11-12,16H,4,7,10,13-15H2,1-3H3,(H2,24,25,26);1H. The van der Waals surface area contributed by atoms with Crippen molar-refractivity contribution in [3.63, 3.8) is 0 Å². The molecule has 0 bridgehead atoms. The number of rotatable bonds is 8. The molecule has 0 spiro atoms. The van der Waals surface area contributed by atoms with Crippen LogP contribution < -0.4 is 25.0 Å². The van der Waals surface area contributed by atoms with E-state index in [2.05, 4.69) is 21.7 Å². The molecule has 0 fully saturated rings. The van der Waals surface area contributed by atoms with Crippen LogP contribution in [0.1, 0.15) is 25.3 Å². The van der Waals surface area contributed by atoms with E-state index in [1.54, 1.807) is 14.2 Å². The molecule has 31 heavy (non-hydrogen) atoms. The minimum atomic E-state index is 0. The fraction of sp³-hybridized carbons (Fsp3) is 0.391. The number of halogens is 1. The molecule has 1 aliphatic heterocycles. The molecule has 1 aliphatic rings. The van der Waals surface area contributed by atoms with Gasteiger partial charge in [0.05, 0.1) is 14.2 Å². The number of aliphatic imine (C=N–C) groups is 1. The molecule has 0 aromatic heterocycles. The zero-order valence-electron chi connectivity index (χ0n) is 18.3. The van der Waals surface area contributed by atoms with Crippen LogP contribution in [0.2, 0.25) is 0 Å². The number of guanidine groups is 1. The lowest BCUT2D eigenvalue weighted by atomic mass is 10.2. The van der Waals surface area contributed by atoms with Crippen molar-refractivity contribution in [2.24, 2.45) is 4.99 Å². The summed E-state index contributed by atoms with van der Waals surface area (Å²) < 4.78 is 10.6. The summed E-state index contributed by atoms with van der Waals surface area (Å²) in [6, 6.07) is 13.7. The van der Waals surface area contributed by atoms with E-state index < -0.39 is 0 Å². The van der Waals surface area contributed by atoms with Crippen LogP contribution in [-0.4, -0.2) is 45.7 Å². The molecule has 2 aromatic carbocycles. The lowest BCUT2D eigenvalue weighted by molar-refractivity contribution is -0.118. The highest BCUT2D eigenvalue weighted by molar-refractivity contribution is 14.0. The molecular weight excluding hydrogens is 507 g/mol. The van der Waals surface area contributed by atoms with Gasteiger partial charge in [-0.25, -0.2) is 0 Å². The molecule has 8 heteroatoms. The second-order valence-corrected chi connectivity index (χ2v) is 6.98. The number of ether oxygens (including phenoxy) is 2. The Bertz CT molecular complexity index is 904. The van der Waals surface area contributed by atoms with Gasteiger partial charge in [-0.1, -0.05) is 18.2 Å². The zero-order valence-corrected chi connectivity index (χ0v) is 20.6. The second-order valence-electron chi connectivity index (χ2n) is 6.98. The SMILES string of the molecule is CCNC(=NCCCC(=O)N1CCc2ccccc21)Nc1ccc(OC)c(OC)c1.I. The summed E-state index contributed by atoms with van der Waals surface area (Å²) in [6.07, 6.45) is 2.10. The van der Waals surface area contributed by atoms with Crippen LogP contribution in [0.3, 0.4) is 0 Å². The smallest absolute Gasteiger partial charge is 0.227 e. The number of carbonyl (C=O) groups excluding carboxylic acids is 1. The van der Waals surface area contributed by atoms with E-state index in [1.807, 2.05) is 48.2 Å². The molecule has 168 valence electrons. The van der Waals surface area contributed by atoms with E-state index >= 15 is 0 Å². The number of anilines is 2. The number of nitrogens with zero attached hydrogens (tertiary/aromatic N) is 2. The number of para-hydroxylation sites is 1. The molecule has 0 saturated carbocycles. The second kappa shape index (κ2) is 12.4. The van der Waals surface area contributed by atoms with Crippen molar-refractivity contribution in [1.29, 1.82) is 0 Å². The molecule has 7 nitrogen and oxygen atoms in total. The van der Waals surface area contributed by atoms with Crippen molar-refractivity contribution >= 4 is 47.2 Å². The molecule has 0 radical (unpaired) electrons. The van der Waals surface area contributed by atoms with Gasteiger partial charge in [0.2, 0.25) is 5.91 Å². The van der Waals surface area contributed by atoms with Crippen LogP contribution in [-0.2, 0) is 11.2 Å². The average molecular weight is 538 g/mol. The Morgan fingerprint density at radius 3 is 2.65 bits per heavy atom. The quantitative estimate of drug-likeness (QED) is 0.230. The zero-order chi connectivity index (χ0) is 21.3. The number of methoxy groups -OCH3 is 2. The third-order valence-electron chi connectivity index (χ3n) is 5.00. The summed E-state index contributed by atoms with van der Waals surface area (Å²) >= 11 is 0. The first-order valence-electron chi connectivity index (χ1n) is 10.3. The first-order chi connectivity index (χ1) is 14.7. The highest BCUT2D eigenvalue weighted by Crippen LogP contribution is 2.30. The number of amides is 1. The minimum Gasteiger partial charge on any atom is -0.493 e. The van der Waals surface area contributed by atoms with E-state index in [9.17, 15) is 4.79 Å². The summed E-state index contributed by atoms with van der Waals surface area (Å²) in [6.45, 7) is 4.08. The predicted octanol–water partition coefficient (Wildman–Crippen LogP) is 4.07. The summed E-state index contributed by atoms with van der Waals surface area (Å²) in [5.74, 6) is 2.15. The number of carbonyl (C=O) groups is 1. The van der Waals surface area contributed by atoms with E-state index in [-0.39, 0.29) is 29.9 Å². The van der Waals surface area contributed by atoms with Crippen LogP contribution >= 0.6 is 24.0 Å². The highest BCUT2D eigenvalue weighted by Gasteiger charge is 2.23. The maximum Gasteiger partial charge on any atom is 0.227 e. The van der Waals surface area contributed by atoms with Gasteiger partial charge in [0, 0.05) is 43.5 Å². The lowest BCUT2D eigenvalue weighted by Gasteiger charge is -2.17. The molecule has 1 heterocycles. The molecule has 1 amide bonds. The summed E-state index contributed by atoms with van der Waals surface area (Å²) in [4.78, 5) is 19.1. The Kier molecular flexibility index (Phi) is 9.90. The maximum absolute atomic E-state index is 12.6. The average Bonchev–Trinajstić information content (AvgIpc) is 3.21. The highest BCUT2D eigenvalue weighted by atomic mass is 127. The van der Waals surface area contributed by atoms with E-state index in [1.165, 1.54) is 5.56 Å². The number of hydrogen-bond acceptors (Lipinski definition) is 4. The third-order valence-corrected chi connectivity index (χ3v) is 5.00. The first-order valence-corrected chi connectivity index (χ1v) is 10.3. The van der Waals surface area contributed by atoms with Crippen LogP contribution in [0.4, 0.5) is 11.4 Å². The monoisotopic (exact) mass is 538 g/mol. The maximum atomic E-state index is 12.6. The number of benzene rings is 2. The topological polar surface area (TPSA) is 75.2 Å². The van der Waals surface area contributed by atoms with Gasteiger partial charge in [-0.15, -0.1) is 24.0 Å². The Hall–Kier alpha value is -2.49. The van der Waals surface area contributed by atoms with E-state index in [0.29, 0.717) is 36.8 Å². The van der Waals surface area contributed by atoms with Crippen LogP contribution in [0.15, 0.2) is 47.5 Å². The van der Waals surface area contributed by atoms with Gasteiger partial charge in [0.25, 0.3) is 0 Å². The summed E-state index contributed by atoms with van der Waals surface area (Å²) in [5.41, 5.74) is 3.14. The van der Waals surface area contributed by atoms with E-state index in [0.717, 1.165) is 30.9 Å². The van der Waals surface area contributed by atoms with Gasteiger partial charge < -0.3 is 25.0 Å². The van der Waals surface area contributed by atoms with Gasteiger partial charge in [-0.2, -0.15) is 0 Å². The Morgan fingerprint density at radius 1 is 1.13 bits per heavy atom. The van der Waals surface area contributed by atoms with Gasteiger partial charge in [0.15, 0.2) is 17.5 Å². The fourth-order valence-electron chi connectivity index (χ4n) is 3.51. The normalized spacial score (nSPS) is 12.6. The van der Waals surface area contributed by atoms with Crippen molar-refractivity contribution in [2.75, 3.05) is 44.1 Å². The van der Waals surface area contributed by atoms with E-state index in [4.69, 9.17) is 9.47 Å². The van der Waals surface area contributed by atoms with Crippen LogP contribution in [0.25, 0.3) is 0 Å². The molecule has 0 unspecified atom stereocenters. The van der Waals surface area contributed by atoms with Gasteiger partial charge in [-0.3, -0.25) is 9.79 Å². The third kappa shape index (κ3) is 6.49. The molecule has 0 aliphatic carbocycles. The van der Waals surface area contributed by atoms with Gasteiger partial charge in [0.1, 0.15) is 0 Å². The largest absolute Gasteiger partial charge is 0.493 e. The minimum absolute atomic E-state index is 0. The fourth-order valence-corrected chi connectivity index (χ4v) is 3.51. The molecular formula is C23H31IN4O3. The Labute approximate surface area is 201 Å². The Morgan fingerprint density at radius 2 is 1.90 bits per heavy atom. The summed E-state index contributed by atoms with van der Waals surface area (Å²) in [7, 11) is 3.22. The summed E-state index contributed by atoms with van der Waals surface area (Å²) in [5, 5.41) is 6.50. The predicted molar refractivity (Wildman–Crippen MR) is 136 cm³/mol. The first kappa shape index (κ1) is 24.8. The van der Waals surface area contributed by atoms with Crippen molar-refractivity contribution in [3.05, 3.63) is 48.0 Å². The van der Waals surface area contributed by atoms with Crippen molar-refractivity contribution < 1.29 is 14.3 Å². The van der Waals surface area contributed by atoms with Gasteiger partial charge >= 0.3 is 0 Å². The van der Waals surface area contributed by atoms with Crippen molar-refractivity contribution in [2.45, 2.75) is 26.2 Å². The number of nitrogens with one attached hydrogen (secondary N) is 2. The Balaban J connectivity index is 0.00000341. The molecule has 0 atom stereocenters. The molecule has 3 rings (SSSR count). The van der Waals surface area contributed by atoms with Crippen molar-refractivity contribution in [3.8, 4) is 11.5 Å². The number of hydrogen-bond donors (Lipinski definition) is 2. The van der Waals surface area contributed by atoms with Crippen molar-refractivity contribution in [1.82, 2.24) is 5.32 Å². The molecule has 2 N–H and O–H groups in total. The molecule has 2 aromatic rings. The number of fused-ring (bicyclic) bond motifs is 1. The molecule has 0 saturated heterocycles. The lowest BCUT2D eigenvalue weighted by Crippen LogP contribution is -2.31. The van der Waals surface area contributed by atoms with Crippen LogP contribution in [0, 0.1) is 0 Å². The van der Waals surface area contributed by atoms with Crippen LogP contribution in [0.5, 0.6) is 11.5 Å².